The van der Waals surface area contributed by atoms with Gasteiger partial charge >= 0.3 is 0 Å². The number of aliphatic hydroxyl groups excluding tert-OH is 1. The molecule has 2 aromatic rings. The van der Waals surface area contributed by atoms with Crippen molar-refractivity contribution in [3.8, 4) is 0 Å². The molecule has 0 radical (unpaired) electrons. The quantitative estimate of drug-likeness (QED) is 0.874. The second kappa shape index (κ2) is 5.10. The Kier molecular flexibility index (Phi) is 3.54. The topological polar surface area (TPSA) is 50.9 Å². The van der Waals surface area contributed by atoms with E-state index in [9.17, 15) is 5.11 Å². The van der Waals surface area contributed by atoms with Crippen LogP contribution in [0.25, 0.3) is 0 Å². The van der Waals surface area contributed by atoms with Crippen LogP contribution < -0.4 is 0 Å². The van der Waals surface area contributed by atoms with Crippen LogP contribution >= 0.6 is 0 Å². The van der Waals surface area contributed by atoms with Crippen LogP contribution in [-0.2, 0) is 13.0 Å². The number of aryl methyl sites for hydroxylation is 2. The van der Waals surface area contributed by atoms with E-state index in [1.165, 1.54) is 11.9 Å². The molecule has 0 spiro atoms. The van der Waals surface area contributed by atoms with E-state index in [0.717, 1.165) is 17.9 Å². The average molecular weight is 231 g/mol. The monoisotopic (exact) mass is 231 g/mol. The van der Waals surface area contributed by atoms with Crippen molar-refractivity contribution in [2.45, 2.75) is 32.9 Å². The van der Waals surface area contributed by atoms with Crippen LogP contribution in [0.5, 0.6) is 0 Å². The summed E-state index contributed by atoms with van der Waals surface area (Å²) in [6.07, 6.45) is 1.50. The predicted molar refractivity (Wildman–Crippen MR) is 65.5 cm³/mol. The van der Waals surface area contributed by atoms with Crippen LogP contribution in [0.15, 0.2) is 30.6 Å². The van der Waals surface area contributed by atoms with Gasteiger partial charge in [-0.3, -0.25) is 4.68 Å². The lowest BCUT2D eigenvalue weighted by Crippen LogP contribution is -2.09. The number of hydrogen-bond donors (Lipinski definition) is 1. The van der Waals surface area contributed by atoms with E-state index in [-0.39, 0.29) is 0 Å². The van der Waals surface area contributed by atoms with E-state index < -0.39 is 6.10 Å². The van der Waals surface area contributed by atoms with Gasteiger partial charge in [-0.05, 0) is 19.4 Å². The summed E-state index contributed by atoms with van der Waals surface area (Å²) >= 11 is 0. The van der Waals surface area contributed by atoms with Gasteiger partial charge in [0.15, 0.2) is 0 Å². The number of rotatable bonds is 4. The Labute approximate surface area is 101 Å². The van der Waals surface area contributed by atoms with Gasteiger partial charge in [-0.1, -0.05) is 29.8 Å². The molecule has 90 valence electrons. The first-order valence-corrected chi connectivity index (χ1v) is 5.82. The molecule has 0 saturated heterocycles. The Morgan fingerprint density at radius 3 is 2.65 bits per heavy atom. The van der Waals surface area contributed by atoms with Crippen molar-refractivity contribution in [3.05, 3.63) is 47.5 Å². The summed E-state index contributed by atoms with van der Waals surface area (Å²) in [5.74, 6) is 0.820. The van der Waals surface area contributed by atoms with Crippen LogP contribution in [-0.4, -0.2) is 19.9 Å². The smallest absolute Gasteiger partial charge is 0.138 e. The largest absolute Gasteiger partial charge is 0.388 e. The fourth-order valence-electron chi connectivity index (χ4n) is 1.79. The molecule has 4 nitrogen and oxygen atoms in total. The number of nitrogens with zero attached hydrogens (tertiary/aromatic N) is 3. The SMILES string of the molecule is CCn1ncnc1CC(O)c1ccc(C)cc1. The zero-order valence-corrected chi connectivity index (χ0v) is 10.2. The maximum Gasteiger partial charge on any atom is 0.138 e. The predicted octanol–water partition coefficient (Wildman–Crippen LogP) is 1.88. The van der Waals surface area contributed by atoms with Gasteiger partial charge in [-0.15, -0.1) is 0 Å². The molecular weight excluding hydrogens is 214 g/mol. The van der Waals surface area contributed by atoms with Crippen molar-refractivity contribution < 1.29 is 5.11 Å². The van der Waals surface area contributed by atoms with Crippen LogP contribution in [0.4, 0.5) is 0 Å². The van der Waals surface area contributed by atoms with Crippen molar-refractivity contribution >= 4 is 0 Å². The van der Waals surface area contributed by atoms with E-state index in [2.05, 4.69) is 10.1 Å². The highest BCUT2D eigenvalue weighted by Crippen LogP contribution is 2.17. The summed E-state index contributed by atoms with van der Waals surface area (Å²) in [6.45, 7) is 4.82. The molecule has 0 amide bonds. The molecule has 0 bridgehead atoms. The van der Waals surface area contributed by atoms with Gasteiger partial charge in [0.25, 0.3) is 0 Å². The van der Waals surface area contributed by atoms with E-state index in [1.54, 1.807) is 4.68 Å². The second-order valence-electron chi connectivity index (χ2n) is 4.12. The number of hydrogen-bond acceptors (Lipinski definition) is 3. The molecule has 0 fully saturated rings. The molecule has 1 aromatic heterocycles. The van der Waals surface area contributed by atoms with Crippen LogP contribution in [0.3, 0.4) is 0 Å². The normalized spacial score (nSPS) is 12.6. The minimum absolute atomic E-state index is 0.497. The maximum absolute atomic E-state index is 10.1. The maximum atomic E-state index is 10.1. The fraction of sp³-hybridized carbons (Fsp3) is 0.385. The molecule has 0 aliphatic carbocycles. The Bertz CT molecular complexity index is 476. The van der Waals surface area contributed by atoms with Gasteiger partial charge in [0, 0.05) is 13.0 Å². The molecule has 2 rings (SSSR count). The molecule has 0 aliphatic rings. The highest BCUT2D eigenvalue weighted by Gasteiger charge is 2.12. The molecule has 0 aliphatic heterocycles. The molecule has 1 heterocycles. The summed E-state index contributed by atoms with van der Waals surface area (Å²) < 4.78 is 1.80. The van der Waals surface area contributed by atoms with Gasteiger partial charge in [-0.2, -0.15) is 5.10 Å². The van der Waals surface area contributed by atoms with Crippen molar-refractivity contribution in [2.24, 2.45) is 0 Å². The lowest BCUT2D eigenvalue weighted by atomic mass is 10.0. The zero-order chi connectivity index (χ0) is 12.3. The summed E-state index contributed by atoms with van der Waals surface area (Å²) in [6, 6.07) is 7.91. The van der Waals surface area contributed by atoms with E-state index in [1.807, 2.05) is 38.1 Å². The van der Waals surface area contributed by atoms with Crippen molar-refractivity contribution in [1.29, 1.82) is 0 Å². The van der Waals surface area contributed by atoms with Crippen LogP contribution in [0.1, 0.15) is 30.0 Å². The van der Waals surface area contributed by atoms with Gasteiger partial charge < -0.3 is 5.11 Å². The van der Waals surface area contributed by atoms with Crippen molar-refractivity contribution in [3.63, 3.8) is 0 Å². The third-order valence-corrected chi connectivity index (χ3v) is 2.83. The molecule has 1 atom stereocenters. The van der Waals surface area contributed by atoms with Crippen LogP contribution in [0.2, 0.25) is 0 Å². The minimum Gasteiger partial charge on any atom is -0.388 e. The third kappa shape index (κ3) is 2.71. The number of aliphatic hydroxyl groups is 1. The summed E-state index contributed by atoms with van der Waals surface area (Å²) in [7, 11) is 0. The molecular formula is C13H17N3O. The minimum atomic E-state index is -0.523. The molecule has 0 saturated carbocycles. The Hall–Kier alpha value is -1.68. The first-order valence-electron chi connectivity index (χ1n) is 5.82. The Morgan fingerprint density at radius 1 is 1.29 bits per heavy atom. The summed E-state index contributed by atoms with van der Waals surface area (Å²) in [4.78, 5) is 4.16. The first-order chi connectivity index (χ1) is 8.20. The molecule has 1 aromatic carbocycles. The highest BCUT2D eigenvalue weighted by atomic mass is 16.3. The van der Waals surface area contributed by atoms with E-state index in [4.69, 9.17) is 0 Å². The fourth-order valence-corrected chi connectivity index (χ4v) is 1.79. The van der Waals surface area contributed by atoms with Crippen molar-refractivity contribution in [1.82, 2.24) is 14.8 Å². The van der Waals surface area contributed by atoms with Gasteiger partial charge in [-0.25, -0.2) is 4.98 Å². The average Bonchev–Trinajstić information content (AvgIpc) is 2.77. The van der Waals surface area contributed by atoms with E-state index >= 15 is 0 Å². The Morgan fingerprint density at radius 2 is 2.00 bits per heavy atom. The zero-order valence-electron chi connectivity index (χ0n) is 10.2. The second-order valence-corrected chi connectivity index (χ2v) is 4.12. The number of aromatic nitrogens is 3. The standard InChI is InChI=1S/C13H17N3O/c1-3-16-13(14-9-15-16)8-12(17)11-6-4-10(2)5-7-11/h4-7,9,12,17H,3,8H2,1-2H3. The molecule has 17 heavy (non-hydrogen) atoms. The third-order valence-electron chi connectivity index (χ3n) is 2.83. The number of benzene rings is 1. The summed E-state index contributed by atoms with van der Waals surface area (Å²) in [5.41, 5.74) is 2.11. The summed E-state index contributed by atoms with van der Waals surface area (Å²) in [5, 5.41) is 14.2. The lowest BCUT2D eigenvalue weighted by Gasteiger charge is -2.11. The van der Waals surface area contributed by atoms with Gasteiger partial charge in [0.1, 0.15) is 12.2 Å². The van der Waals surface area contributed by atoms with E-state index in [0.29, 0.717) is 6.42 Å². The molecule has 1 unspecified atom stereocenters. The van der Waals surface area contributed by atoms with Gasteiger partial charge in [0.05, 0.1) is 6.10 Å². The van der Waals surface area contributed by atoms with Crippen LogP contribution in [0, 0.1) is 6.92 Å². The Balaban J connectivity index is 2.11. The van der Waals surface area contributed by atoms with Crippen molar-refractivity contribution in [2.75, 3.05) is 0 Å². The molecule has 1 N–H and O–H groups in total. The molecule has 4 heteroatoms. The lowest BCUT2D eigenvalue weighted by molar-refractivity contribution is 0.174. The first kappa shape index (κ1) is 11.8. The van der Waals surface area contributed by atoms with Gasteiger partial charge in [0.2, 0.25) is 0 Å². The highest BCUT2D eigenvalue weighted by molar-refractivity contribution is 5.23.